The minimum Gasteiger partial charge on any atom is -0.507 e. The normalized spacial score (nSPS) is 16.2. The van der Waals surface area contributed by atoms with Gasteiger partial charge in [-0.05, 0) is 65.6 Å². The number of nitrogens with zero attached hydrogens (tertiary/aromatic N) is 2. The van der Waals surface area contributed by atoms with E-state index in [-0.39, 0.29) is 17.9 Å². The van der Waals surface area contributed by atoms with Crippen LogP contribution in [0.4, 0.5) is 0 Å². The van der Waals surface area contributed by atoms with Crippen molar-refractivity contribution in [1.29, 1.82) is 0 Å². The quantitative estimate of drug-likeness (QED) is 0.151. The predicted octanol–water partition coefficient (Wildman–Crippen LogP) is 6.07. The first-order valence-electron chi connectivity index (χ1n) is 13.2. The zero-order valence-electron chi connectivity index (χ0n) is 22.2. The lowest BCUT2D eigenvalue weighted by Gasteiger charge is -2.25. The predicted molar refractivity (Wildman–Crippen MR) is 152 cm³/mol. The second-order valence-corrected chi connectivity index (χ2v) is 9.51. The first kappa shape index (κ1) is 26.7. The highest BCUT2D eigenvalue weighted by Gasteiger charge is 2.46. The second kappa shape index (κ2) is 12.3. The van der Waals surface area contributed by atoms with Gasteiger partial charge < -0.3 is 19.5 Å². The van der Waals surface area contributed by atoms with Crippen molar-refractivity contribution in [2.75, 3.05) is 6.61 Å². The molecule has 202 valence electrons. The fourth-order valence-electron chi connectivity index (χ4n) is 4.68. The Morgan fingerprint density at radius 1 is 0.875 bits per heavy atom. The molecule has 0 spiro atoms. The third-order valence-corrected chi connectivity index (χ3v) is 6.64. The third-order valence-electron chi connectivity index (χ3n) is 6.64. The Kier molecular flexibility index (Phi) is 8.21. The molecule has 1 fully saturated rings. The van der Waals surface area contributed by atoms with Gasteiger partial charge in [0.15, 0.2) is 0 Å². The van der Waals surface area contributed by atoms with E-state index in [0.29, 0.717) is 35.8 Å². The Morgan fingerprint density at radius 2 is 1.65 bits per heavy atom. The summed E-state index contributed by atoms with van der Waals surface area (Å²) >= 11 is 0. The topological polar surface area (TPSA) is 89.0 Å². The van der Waals surface area contributed by atoms with Crippen molar-refractivity contribution in [3.63, 3.8) is 0 Å². The van der Waals surface area contributed by atoms with Gasteiger partial charge in [-0.2, -0.15) is 0 Å². The maximum Gasteiger partial charge on any atom is 0.295 e. The van der Waals surface area contributed by atoms with E-state index in [2.05, 4.69) is 4.98 Å². The van der Waals surface area contributed by atoms with E-state index < -0.39 is 17.7 Å². The number of aliphatic hydroxyl groups is 1. The van der Waals surface area contributed by atoms with Crippen molar-refractivity contribution < 1.29 is 24.2 Å². The number of rotatable bonds is 10. The van der Waals surface area contributed by atoms with Gasteiger partial charge in [-0.15, -0.1) is 0 Å². The van der Waals surface area contributed by atoms with Gasteiger partial charge in [-0.25, -0.2) is 0 Å². The van der Waals surface area contributed by atoms with Crippen LogP contribution in [0.3, 0.4) is 0 Å². The maximum atomic E-state index is 13.4. The van der Waals surface area contributed by atoms with E-state index in [1.165, 1.54) is 4.90 Å². The van der Waals surface area contributed by atoms with E-state index in [0.717, 1.165) is 17.5 Å². The van der Waals surface area contributed by atoms with Gasteiger partial charge in [0.1, 0.15) is 23.9 Å². The SMILES string of the molecule is CCCOc1ccc(C(O)=C2C(=O)C(=O)N(Cc3cccnc3)C2c2cccc(OCc3ccccc3)c2)cc1. The van der Waals surface area contributed by atoms with Crippen LogP contribution in [0.15, 0.2) is 109 Å². The molecule has 1 aromatic heterocycles. The van der Waals surface area contributed by atoms with Crippen LogP contribution in [0.1, 0.15) is 41.6 Å². The number of benzene rings is 3. The Balaban J connectivity index is 1.53. The molecule has 1 aliphatic heterocycles. The highest BCUT2D eigenvalue weighted by atomic mass is 16.5. The number of likely N-dealkylation sites (tertiary alicyclic amines) is 1. The van der Waals surface area contributed by atoms with E-state index >= 15 is 0 Å². The summed E-state index contributed by atoms with van der Waals surface area (Å²) in [5, 5.41) is 11.4. The maximum absolute atomic E-state index is 13.4. The molecular formula is C33H30N2O5. The standard InChI is InChI=1S/C33H30N2O5/c1-2-18-39-27-15-13-25(14-16-27)31(36)29-30(35(33(38)32(29)37)21-24-10-7-17-34-20-24)26-11-6-12-28(19-26)40-22-23-8-4-3-5-9-23/h3-17,19-20,30,36H,2,18,21-22H2,1H3. The molecule has 1 amide bonds. The zero-order chi connectivity index (χ0) is 27.9. The van der Waals surface area contributed by atoms with Crippen molar-refractivity contribution in [2.24, 2.45) is 0 Å². The second-order valence-electron chi connectivity index (χ2n) is 9.51. The lowest BCUT2D eigenvalue weighted by Crippen LogP contribution is -2.29. The molecule has 1 unspecified atom stereocenters. The number of aliphatic hydroxyl groups excluding tert-OH is 1. The highest BCUT2D eigenvalue weighted by Crippen LogP contribution is 2.41. The monoisotopic (exact) mass is 534 g/mol. The highest BCUT2D eigenvalue weighted by molar-refractivity contribution is 6.46. The number of hydrogen-bond acceptors (Lipinski definition) is 6. The van der Waals surface area contributed by atoms with Crippen molar-refractivity contribution in [3.05, 3.63) is 131 Å². The minimum absolute atomic E-state index is 0.0244. The molecule has 2 heterocycles. The van der Waals surface area contributed by atoms with Crippen LogP contribution < -0.4 is 9.47 Å². The lowest BCUT2D eigenvalue weighted by atomic mass is 9.95. The average Bonchev–Trinajstić information content (AvgIpc) is 3.25. The lowest BCUT2D eigenvalue weighted by molar-refractivity contribution is -0.140. The Morgan fingerprint density at radius 3 is 2.38 bits per heavy atom. The number of amides is 1. The van der Waals surface area contributed by atoms with Crippen molar-refractivity contribution in [1.82, 2.24) is 9.88 Å². The Bertz CT molecular complexity index is 1500. The molecule has 1 atom stereocenters. The Labute approximate surface area is 233 Å². The number of ether oxygens (including phenoxy) is 2. The minimum atomic E-state index is -0.823. The van der Waals surface area contributed by atoms with Gasteiger partial charge in [0.2, 0.25) is 0 Å². The molecule has 7 nitrogen and oxygen atoms in total. The van der Waals surface area contributed by atoms with Gasteiger partial charge >= 0.3 is 0 Å². The summed E-state index contributed by atoms with van der Waals surface area (Å²) in [6.07, 6.45) is 4.18. The zero-order valence-corrected chi connectivity index (χ0v) is 22.2. The smallest absolute Gasteiger partial charge is 0.295 e. The third kappa shape index (κ3) is 5.89. The number of aromatic nitrogens is 1. The van der Waals surface area contributed by atoms with Gasteiger partial charge in [0.05, 0.1) is 18.2 Å². The summed E-state index contributed by atoms with van der Waals surface area (Å²) in [5.74, 6) is -0.419. The molecule has 1 saturated heterocycles. The summed E-state index contributed by atoms with van der Waals surface area (Å²) < 4.78 is 11.7. The Hall–Kier alpha value is -4.91. The molecule has 5 rings (SSSR count). The average molecular weight is 535 g/mol. The van der Waals surface area contributed by atoms with Crippen LogP contribution in [0.5, 0.6) is 11.5 Å². The molecule has 40 heavy (non-hydrogen) atoms. The van der Waals surface area contributed by atoms with Crippen LogP contribution in [-0.2, 0) is 22.7 Å². The molecular weight excluding hydrogens is 504 g/mol. The first-order valence-corrected chi connectivity index (χ1v) is 13.2. The van der Waals surface area contributed by atoms with Gasteiger partial charge in [0.25, 0.3) is 11.7 Å². The first-order chi connectivity index (χ1) is 19.5. The fraction of sp³-hybridized carbons (Fsp3) is 0.182. The summed E-state index contributed by atoms with van der Waals surface area (Å²) in [4.78, 5) is 32.4. The van der Waals surface area contributed by atoms with Crippen LogP contribution in [0.2, 0.25) is 0 Å². The number of Topliss-reactive ketones (excluding diaryl/α,β-unsaturated/α-hetero) is 1. The molecule has 0 bridgehead atoms. The molecule has 1 aliphatic rings. The number of pyridine rings is 1. The molecule has 0 saturated carbocycles. The largest absolute Gasteiger partial charge is 0.507 e. The van der Waals surface area contributed by atoms with Crippen LogP contribution in [-0.4, -0.2) is 33.3 Å². The van der Waals surface area contributed by atoms with E-state index in [9.17, 15) is 14.7 Å². The molecule has 0 radical (unpaired) electrons. The van der Waals surface area contributed by atoms with Crippen molar-refractivity contribution in [3.8, 4) is 11.5 Å². The summed E-state index contributed by atoms with van der Waals surface area (Å²) in [5.41, 5.74) is 2.88. The molecule has 4 aromatic rings. The summed E-state index contributed by atoms with van der Waals surface area (Å²) in [6, 6.07) is 26.7. The number of carbonyl (C=O) groups is 2. The van der Waals surface area contributed by atoms with Gasteiger partial charge in [-0.1, -0.05) is 55.5 Å². The van der Waals surface area contributed by atoms with Gasteiger partial charge in [0, 0.05) is 24.5 Å². The van der Waals surface area contributed by atoms with Crippen LogP contribution in [0, 0.1) is 0 Å². The molecule has 1 N–H and O–H groups in total. The van der Waals surface area contributed by atoms with Crippen molar-refractivity contribution >= 4 is 17.4 Å². The number of ketones is 1. The van der Waals surface area contributed by atoms with E-state index in [1.807, 2.05) is 67.6 Å². The fourth-order valence-corrected chi connectivity index (χ4v) is 4.68. The molecule has 0 aliphatic carbocycles. The molecule has 7 heteroatoms. The van der Waals surface area contributed by atoms with E-state index in [4.69, 9.17) is 9.47 Å². The van der Waals surface area contributed by atoms with Crippen LogP contribution in [0.25, 0.3) is 5.76 Å². The molecule has 3 aromatic carbocycles. The van der Waals surface area contributed by atoms with Crippen LogP contribution >= 0.6 is 0 Å². The van der Waals surface area contributed by atoms with E-state index in [1.54, 1.807) is 42.7 Å². The summed E-state index contributed by atoms with van der Waals surface area (Å²) in [7, 11) is 0. The summed E-state index contributed by atoms with van der Waals surface area (Å²) in [6.45, 7) is 3.12. The number of hydrogen-bond donors (Lipinski definition) is 1. The number of carbonyl (C=O) groups excluding carboxylic acids is 2. The van der Waals surface area contributed by atoms with Crippen molar-refractivity contribution in [2.45, 2.75) is 32.5 Å². The van der Waals surface area contributed by atoms with Gasteiger partial charge in [-0.3, -0.25) is 14.6 Å².